The van der Waals surface area contributed by atoms with Crippen LogP contribution < -0.4 is 20.2 Å². The molecule has 9 heteroatoms. The highest BCUT2D eigenvalue weighted by atomic mass is 79.9. The Morgan fingerprint density at radius 3 is 2.72 bits per heavy atom. The Bertz CT molecular complexity index is 965. The van der Waals surface area contributed by atoms with Crippen molar-refractivity contribution >= 4 is 51.2 Å². The quantitative estimate of drug-likeness (QED) is 0.454. The third-order valence-corrected chi connectivity index (χ3v) is 5.33. The summed E-state index contributed by atoms with van der Waals surface area (Å²) in [5.41, 5.74) is 4.68. The number of nitrogens with one attached hydrogen (secondary N) is 2. The second-order valence-corrected chi connectivity index (χ2v) is 7.60. The molecule has 2 N–H and O–H groups in total. The predicted octanol–water partition coefficient (Wildman–Crippen LogP) is 4.40. The fourth-order valence-corrected chi connectivity index (χ4v) is 3.23. The van der Waals surface area contributed by atoms with Gasteiger partial charge in [0.15, 0.2) is 11.5 Å². The lowest BCUT2D eigenvalue weighted by molar-refractivity contribution is -0.121. The summed E-state index contributed by atoms with van der Waals surface area (Å²) in [5.74, 6) is 0.840. The van der Waals surface area contributed by atoms with Crippen molar-refractivity contribution in [3.63, 3.8) is 0 Å². The molecular weight excluding hydrogens is 462 g/mol. The lowest BCUT2D eigenvalue weighted by Crippen LogP contribution is -2.18. The van der Waals surface area contributed by atoms with Gasteiger partial charge in [0.1, 0.15) is 0 Å². The minimum atomic E-state index is -0.273. The standard InChI is InChI=1S/C20H19BrClN3O4/c1-12-15(22)4-2-5-16(12)24-19(26)6-3-7-20(27)25-23-10-13-8-17-18(9-14(13)21)29-11-28-17/h2,4-5,8-10H,3,6-7,11H2,1H3,(H,24,26)(H,25,27). The molecule has 1 aliphatic heterocycles. The summed E-state index contributed by atoms with van der Waals surface area (Å²) in [4.78, 5) is 24.0. The summed E-state index contributed by atoms with van der Waals surface area (Å²) in [5, 5.41) is 7.34. The zero-order valence-corrected chi connectivity index (χ0v) is 18.0. The lowest BCUT2D eigenvalue weighted by Gasteiger charge is -2.09. The van der Waals surface area contributed by atoms with Gasteiger partial charge in [0.25, 0.3) is 0 Å². The molecule has 2 amide bonds. The number of hydrogen-bond donors (Lipinski definition) is 2. The van der Waals surface area contributed by atoms with Crippen LogP contribution in [0, 0.1) is 6.92 Å². The van der Waals surface area contributed by atoms with Crippen molar-refractivity contribution in [3.8, 4) is 11.5 Å². The van der Waals surface area contributed by atoms with Gasteiger partial charge >= 0.3 is 0 Å². The molecule has 1 aliphatic rings. The number of amides is 2. The van der Waals surface area contributed by atoms with Crippen LogP contribution in [-0.2, 0) is 9.59 Å². The monoisotopic (exact) mass is 479 g/mol. The van der Waals surface area contributed by atoms with E-state index < -0.39 is 0 Å². The largest absolute Gasteiger partial charge is 0.454 e. The minimum Gasteiger partial charge on any atom is -0.454 e. The first kappa shape index (κ1) is 21.1. The van der Waals surface area contributed by atoms with Crippen molar-refractivity contribution in [3.05, 3.63) is 51.0 Å². The average molecular weight is 481 g/mol. The second-order valence-electron chi connectivity index (χ2n) is 6.33. The van der Waals surface area contributed by atoms with E-state index in [9.17, 15) is 9.59 Å². The van der Waals surface area contributed by atoms with Crippen molar-refractivity contribution < 1.29 is 19.1 Å². The van der Waals surface area contributed by atoms with E-state index in [1.807, 2.05) is 6.92 Å². The average Bonchev–Trinajstić information content (AvgIpc) is 3.12. The van der Waals surface area contributed by atoms with Crippen molar-refractivity contribution in [2.45, 2.75) is 26.2 Å². The molecule has 0 aromatic heterocycles. The molecule has 0 radical (unpaired) electrons. The number of carbonyl (C=O) groups is 2. The van der Waals surface area contributed by atoms with Crippen LogP contribution >= 0.6 is 27.5 Å². The summed E-state index contributed by atoms with van der Waals surface area (Å²) in [7, 11) is 0. The van der Waals surface area contributed by atoms with E-state index in [0.717, 1.165) is 15.6 Å². The fraction of sp³-hybridized carbons (Fsp3) is 0.250. The van der Waals surface area contributed by atoms with E-state index in [2.05, 4.69) is 31.8 Å². The van der Waals surface area contributed by atoms with Crippen LogP contribution in [0.4, 0.5) is 5.69 Å². The van der Waals surface area contributed by atoms with Crippen molar-refractivity contribution in [2.24, 2.45) is 5.10 Å². The minimum absolute atomic E-state index is 0.170. The van der Waals surface area contributed by atoms with Gasteiger partial charge in [-0.25, -0.2) is 5.43 Å². The molecule has 0 aliphatic carbocycles. The van der Waals surface area contributed by atoms with Gasteiger partial charge in [-0.15, -0.1) is 0 Å². The first-order valence-corrected chi connectivity index (χ1v) is 10.1. The molecule has 0 bridgehead atoms. The van der Waals surface area contributed by atoms with Gasteiger partial charge in [-0.05, 0) is 59.1 Å². The van der Waals surface area contributed by atoms with Gasteiger partial charge in [0.2, 0.25) is 18.6 Å². The van der Waals surface area contributed by atoms with Crippen LogP contribution in [0.1, 0.15) is 30.4 Å². The highest BCUT2D eigenvalue weighted by molar-refractivity contribution is 9.10. The number of fused-ring (bicyclic) bond motifs is 1. The van der Waals surface area contributed by atoms with E-state index >= 15 is 0 Å². The van der Waals surface area contributed by atoms with Gasteiger partial charge in [-0.1, -0.05) is 17.7 Å². The van der Waals surface area contributed by atoms with Gasteiger partial charge in [-0.3, -0.25) is 9.59 Å². The summed E-state index contributed by atoms with van der Waals surface area (Å²) >= 11 is 9.46. The van der Waals surface area contributed by atoms with Crippen molar-refractivity contribution in [1.82, 2.24) is 5.43 Å². The summed E-state index contributed by atoms with van der Waals surface area (Å²) in [6.07, 6.45) is 2.32. The van der Waals surface area contributed by atoms with Crippen LogP contribution in [0.2, 0.25) is 5.02 Å². The molecule has 1 heterocycles. The maximum Gasteiger partial charge on any atom is 0.240 e. The predicted molar refractivity (Wildman–Crippen MR) is 115 cm³/mol. The number of rotatable bonds is 7. The molecule has 0 atom stereocenters. The molecular formula is C20H19BrClN3O4. The zero-order chi connectivity index (χ0) is 20.8. The van der Waals surface area contributed by atoms with Crippen molar-refractivity contribution in [1.29, 1.82) is 0 Å². The normalized spacial score (nSPS) is 12.2. The van der Waals surface area contributed by atoms with Crippen molar-refractivity contribution in [2.75, 3.05) is 12.1 Å². The summed E-state index contributed by atoms with van der Waals surface area (Å²) < 4.78 is 11.4. The molecule has 2 aromatic rings. The van der Waals surface area contributed by atoms with E-state index in [1.54, 1.807) is 30.3 Å². The summed E-state index contributed by atoms with van der Waals surface area (Å²) in [6.45, 7) is 2.02. The smallest absolute Gasteiger partial charge is 0.240 e. The first-order chi connectivity index (χ1) is 13.9. The molecule has 29 heavy (non-hydrogen) atoms. The van der Waals surface area contributed by atoms with E-state index in [1.165, 1.54) is 6.21 Å². The number of hydrazone groups is 1. The highest BCUT2D eigenvalue weighted by Crippen LogP contribution is 2.36. The maximum atomic E-state index is 12.0. The Kier molecular flexibility index (Phi) is 7.11. The number of anilines is 1. The number of halogens is 2. The Balaban J connectivity index is 1.42. The van der Waals surface area contributed by atoms with E-state index in [4.69, 9.17) is 21.1 Å². The molecule has 0 unspecified atom stereocenters. The molecule has 3 rings (SSSR count). The van der Waals surface area contributed by atoms with Crippen LogP contribution in [0.25, 0.3) is 0 Å². The van der Waals surface area contributed by atoms with Gasteiger partial charge in [-0.2, -0.15) is 5.10 Å². The number of ether oxygens (including phenoxy) is 2. The lowest BCUT2D eigenvalue weighted by atomic mass is 10.2. The van der Waals surface area contributed by atoms with Crippen LogP contribution in [-0.4, -0.2) is 24.8 Å². The SMILES string of the molecule is Cc1c(Cl)cccc1NC(=O)CCCC(=O)NN=Cc1cc2c(cc1Br)OCO2. The molecule has 152 valence electrons. The molecule has 7 nitrogen and oxygen atoms in total. The third kappa shape index (κ3) is 5.71. The second kappa shape index (κ2) is 9.76. The number of benzene rings is 2. The van der Waals surface area contributed by atoms with Crippen LogP contribution in [0.3, 0.4) is 0 Å². The highest BCUT2D eigenvalue weighted by Gasteiger charge is 2.15. The van der Waals surface area contributed by atoms with Gasteiger partial charge < -0.3 is 14.8 Å². The number of hydrogen-bond acceptors (Lipinski definition) is 5. The molecule has 0 fully saturated rings. The number of nitrogens with zero attached hydrogens (tertiary/aromatic N) is 1. The molecule has 0 spiro atoms. The first-order valence-electron chi connectivity index (χ1n) is 8.90. The van der Waals surface area contributed by atoms with Crippen LogP contribution in [0.5, 0.6) is 11.5 Å². The van der Waals surface area contributed by atoms with Gasteiger partial charge in [0, 0.05) is 33.6 Å². The van der Waals surface area contributed by atoms with E-state index in [0.29, 0.717) is 28.6 Å². The summed E-state index contributed by atoms with van der Waals surface area (Å²) in [6, 6.07) is 8.87. The molecule has 2 aromatic carbocycles. The Labute approximate surface area is 181 Å². The Hall–Kier alpha value is -2.58. The Morgan fingerprint density at radius 2 is 1.93 bits per heavy atom. The molecule has 0 saturated carbocycles. The Morgan fingerprint density at radius 1 is 1.21 bits per heavy atom. The topological polar surface area (TPSA) is 89.0 Å². The number of carbonyl (C=O) groups excluding carboxylic acids is 2. The van der Waals surface area contributed by atoms with Gasteiger partial charge in [0.05, 0.1) is 6.21 Å². The fourth-order valence-electron chi connectivity index (χ4n) is 2.63. The van der Waals surface area contributed by atoms with Crippen LogP contribution in [0.15, 0.2) is 39.9 Å². The van der Waals surface area contributed by atoms with E-state index in [-0.39, 0.29) is 31.4 Å². The third-order valence-electron chi connectivity index (χ3n) is 4.23. The molecule has 0 saturated heterocycles. The maximum absolute atomic E-state index is 12.0. The zero-order valence-electron chi connectivity index (χ0n) is 15.6.